The van der Waals surface area contributed by atoms with Crippen molar-refractivity contribution in [2.45, 2.75) is 50.4 Å². The van der Waals surface area contributed by atoms with E-state index >= 15 is 0 Å². The molecule has 0 aromatic heterocycles. The predicted octanol–water partition coefficient (Wildman–Crippen LogP) is 0.175. The van der Waals surface area contributed by atoms with E-state index in [2.05, 4.69) is 5.32 Å². The van der Waals surface area contributed by atoms with Gasteiger partial charge in [0, 0.05) is 26.1 Å². The lowest BCUT2D eigenvalue weighted by atomic mass is 10.1. The van der Waals surface area contributed by atoms with Crippen LogP contribution >= 0.6 is 0 Å². The molecule has 0 aliphatic carbocycles. The summed E-state index contributed by atoms with van der Waals surface area (Å²) >= 11 is 0. The van der Waals surface area contributed by atoms with Crippen molar-refractivity contribution in [3.63, 3.8) is 0 Å². The zero-order valence-corrected chi connectivity index (χ0v) is 11.5. The van der Waals surface area contributed by atoms with Crippen LogP contribution in [0.15, 0.2) is 0 Å². The minimum absolute atomic E-state index is 0.0722. The summed E-state index contributed by atoms with van der Waals surface area (Å²) in [6, 6.07) is -1.36. The average molecular weight is 286 g/mol. The molecule has 2 amide bonds. The fourth-order valence-electron chi connectivity index (χ4n) is 2.75. The number of β-amino-alcohol motifs (C(OH)–C–C–N with tert-alkyl or cyclic N) is 1. The lowest BCUT2D eigenvalue weighted by Crippen LogP contribution is -2.46. The Hall–Kier alpha value is -1.34. The fourth-order valence-corrected chi connectivity index (χ4v) is 2.75. The largest absolute Gasteiger partial charge is 0.480 e. The molecular weight excluding hydrogens is 264 g/mol. The van der Waals surface area contributed by atoms with Gasteiger partial charge in [0.05, 0.1) is 12.2 Å². The molecule has 2 aliphatic rings. The van der Waals surface area contributed by atoms with E-state index < -0.39 is 24.1 Å². The molecule has 2 unspecified atom stereocenters. The lowest BCUT2D eigenvalue weighted by molar-refractivity contribution is -0.141. The molecule has 2 fully saturated rings. The molecule has 3 N–H and O–H groups in total. The van der Waals surface area contributed by atoms with Crippen molar-refractivity contribution in [3.05, 3.63) is 0 Å². The molecule has 0 bridgehead atoms. The molecule has 0 aromatic carbocycles. The van der Waals surface area contributed by atoms with Crippen LogP contribution in [0.2, 0.25) is 0 Å². The van der Waals surface area contributed by atoms with Gasteiger partial charge in [-0.3, -0.25) is 0 Å². The lowest BCUT2D eigenvalue weighted by Gasteiger charge is -2.24. The second-order valence-electron chi connectivity index (χ2n) is 5.41. The number of hydrogen-bond donors (Lipinski definition) is 3. The topological polar surface area (TPSA) is 99.1 Å². The molecule has 20 heavy (non-hydrogen) atoms. The maximum Gasteiger partial charge on any atom is 0.326 e. The third-order valence-electron chi connectivity index (χ3n) is 3.84. The number of carbonyl (C=O) groups is 2. The van der Waals surface area contributed by atoms with E-state index in [1.807, 2.05) is 0 Å². The van der Waals surface area contributed by atoms with Crippen molar-refractivity contribution < 1.29 is 24.5 Å². The number of nitrogens with zero attached hydrogens (tertiary/aromatic N) is 1. The van der Waals surface area contributed by atoms with Gasteiger partial charge in [0.1, 0.15) is 6.04 Å². The summed E-state index contributed by atoms with van der Waals surface area (Å²) in [6.45, 7) is 1.31. The third-order valence-corrected chi connectivity index (χ3v) is 3.84. The van der Waals surface area contributed by atoms with Crippen LogP contribution in [0, 0.1) is 0 Å². The highest BCUT2D eigenvalue weighted by atomic mass is 16.5. The first kappa shape index (κ1) is 15.1. The zero-order chi connectivity index (χ0) is 14.5. The van der Waals surface area contributed by atoms with Crippen molar-refractivity contribution in [3.8, 4) is 0 Å². The first-order valence-electron chi connectivity index (χ1n) is 7.15. The van der Waals surface area contributed by atoms with Crippen LogP contribution in [0.4, 0.5) is 4.79 Å². The molecule has 2 aliphatic heterocycles. The van der Waals surface area contributed by atoms with Crippen molar-refractivity contribution >= 4 is 12.0 Å². The number of nitrogens with one attached hydrogen (secondary N) is 1. The molecule has 7 nitrogen and oxygen atoms in total. The second-order valence-corrected chi connectivity index (χ2v) is 5.41. The molecule has 0 spiro atoms. The van der Waals surface area contributed by atoms with Crippen molar-refractivity contribution in [1.82, 2.24) is 10.2 Å². The molecule has 0 radical (unpaired) electrons. The van der Waals surface area contributed by atoms with Crippen LogP contribution in [-0.4, -0.2) is 65.1 Å². The standard InChI is InChI=1S/C13H22N2O5/c16-9-7-11(12(17)18)15(8-9)13(19)14-5-4-10-3-1-2-6-20-10/h9-11,16H,1-8H2,(H,14,19)(H,17,18)/t9?,10?,11-/m0/s1. The summed E-state index contributed by atoms with van der Waals surface area (Å²) in [5.41, 5.74) is 0. The van der Waals surface area contributed by atoms with Gasteiger partial charge in [-0.05, 0) is 25.7 Å². The number of rotatable bonds is 4. The van der Waals surface area contributed by atoms with Gasteiger partial charge in [-0.15, -0.1) is 0 Å². The Morgan fingerprint density at radius 2 is 2.15 bits per heavy atom. The van der Waals surface area contributed by atoms with E-state index in [-0.39, 0.29) is 19.1 Å². The van der Waals surface area contributed by atoms with Crippen LogP contribution in [0.5, 0.6) is 0 Å². The number of aliphatic carboxylic acids is 1. The summed E-state index contributed by atoms with van der Waals surface area (Å²) in [5, 5.41) is 21.2. The summed E-state index contributed by atoms with van der Waals surface area (Å²) < 4.78 is 5.56. The maximum absolute atomic E-state index is 11.9. The highest BCUT2D eigenvalue weighted by molar-refractivity contribution is 5.83. The molecule has 0 saturated carbocycles. The van der Waals surface area contributed by atoms with E-state index in [0.29, 0.717) is 6.54 Å². The molecule has 2 heterocycles. The number of ether oxygens (including phenoxy) is 1. The minimum Gasteiger partial charge on any atom is -0.480 e. The van der Waals surface area contributed by atoms with Gasteiger partial charge in [-0.2, -0.15) is 0 Å². The fraction of sp³-hybridized carbons (Fsp3) is 0.846. The Balaban J connectivity index is 1.74. The van der Waals surface area contributed by atoms with Crippen molar-refractivity contribution in [1.29, 1.82) is 0 Å². The van der Waals surface area contributed by atoms with Crippen LogP contribution in [0.3, 0.4) is 0 Å². The number of carbonyl (C=O) groups excluding carboxylic acids is 1. The third kappa shape index (κ3) is 3.83. The van der Waals surface area contributed by atoms with E-state index in [1.54, 1.807) is 0 Å². The smallest absolute Gasteiger partial charge is 0.326 e. The number of amides is 2. The van der Waals surface area contributed by atoms with Crippen LogP contribution in [-0.2, 0) is 9.53 Å². The van der Waals surface area contributed by atoms with E-state index in [9.17, 15) is 14.7 Å². The molecule has 2 rings (SSSR count). The van der Waals surface area contributed by atoms with Gasteiger partial charge in [0.25, 0.3) is 0 Å². The zero-order valence-electron chi connectivity index (χ0n) is 11.5. The summed E-state index contributed by atoms with van der Waals surface area (Å²) in [7, 11) is 0. The average Bonchev–Trinajstić information content (AvgIpc) is 2.82. The number of urea groups is 1. The van der Waals surface area contributed by atoms with E-state index in [0.717, 1.165) is 32.3 Å². The van der Waals surface area contributed by atoms with Gasteiger partial charge in [-0.25, -0.2) is 9.59 Å². The minimum atomic E-state index is -1.08. The van der Waals surface area contributed by atoms with Crippen LogP contribution < -0.4 is 5.32 Å². The van der Waals surface area contributed by atoms with Crippen molar-refractivity contribution in [2.24, 2.45) is 0 Å². The van der Waals surface area contributed by atoms with Gasteiger partial charge in [-0.1, -0.05) is 0 Å². The van der Waals surface area contributed by atoms with Crippen LogP contribution in [0.1, 0.15) is 32.1 Å². The number of carboxylic acids is 1. The summed E-state index contributed by atoms with van der Waals surface area (Å²) in [4.78, 5) is 24.2. The highest BCUT2D eigenvalue weighted by Gasteiger charge is 2.38. The number of carboxylic acid groups (broad SMARTS) is 1. The van der Waals surface area contributed by atoms with E-state index in [1.165, 1.54) is 4.90 Å². The second kappa shape index (κ2) is 6.90. The molecule has 3 atom stereocenters. The van der Waals surface area contributed by atoms with Gasteiger partial charge >= 0.3 is 12.0 Å². The first-order chi connectivity index (χ1) is 9.58. The maximum atomic E-state index is 11.9. The predicted molar refractivity (Wildman–Crippen MR) is 70.4 cm³/mol. The SMILES string of the molecule is O=C(O)[C@@H]1CC(O)CN1C(=O)NCCC1CCCCO1. The van der Waals surface area contributed by atoms with Gasteiger partial charge in [0.15, 0.2) is 0 Å². The highest BCUT2D eigenvalue weighted by Crippen LogP contribution is 2.18. The Morgan fingerprint density at radius 3 is 2.80 bits per heavy atom. The number of hydrogen-bond acceptors (Lipinski definition) is 4. The van der Waals surface area contributed by atoms with Gasteiger partial charge < -0.3 is 25.2 Å². The Morgan fingerprint density at radius 1 is 1.35 bits per heavy atom. The van der Waals surface area contributed by atoms with Crippen LogP contribution in [0.25, 0.3) is 0 Å². The number of aliphatic hydroxyl groups excluding tert-OH is 1. The number of likely N-dealkylation sites (tertiary alicyclic amines) is 1. The molecule has 114 valence electrons. The first-order valence-corrected chi connectivity index (χ1v) is 7.15. The normalized spacial score (nSPS) is 30.2. The monoisotopic (exact) mass is 286 g/mol. The molecule has 2 saturated heterocycles. The molecule has 7 heteroatoms. The summed E-state index contributed by atoms with van der Waals surface area (Å²) in [5.74, 6) is -1.08. The Bertz CT molecular complexity index is 357. The Labute approximate surface area is 117 Å². The number of aliphatic hydroxyl groups is 1. The van der Waals surface area contributed by atoms with Gasteiger partial charge in [0.2, 0.25) is 0 Å². The molecular formula is C13H22N2O5. The summed E-state index contributed by atoms with van der Waals surface area (Å²) in [6.07, 6.45) is 3.50. The Kier molecular flexibility index (Phi) is 5.19. The molecule has 0 aromatic rings. The quantitative estimate of drug-likeness (QED) is 0.684. The van der Waals surface area contributed by atoms with E-state index in [4.69, 9.17) is 9.84 Å². The van der Waals surface area contributed by atoms with Crippen molar-refractivity contribution in [2.75, 3.05) is 19.7 Å².